The first-order valence-corrected chi connectivity index (χ1v) is 7.35. The summed E-state index contributed by atoms with van der Waals surface area (Å²) in [4.78, 5) is 19.7. The van der Waals surface area contributed by atoms with Gasteiger partial charge in [-0.15, -0.1) is 0 Å². The molecular formula is C17H9F5N4O. The summed E-state index contributed by atoms with van der Waals surface area (Å²) < 4.78 is 66.0. The lowest BCUT2D eigenvalue weighted by Gasteiger charge is -2.09. The first-order valence-electron chi connectivity index (χ1n) is 7.35. The van der Waals surface area contributed by atoms with E-state index in [1.807, 2.05) is 0 Å². The smallest absolute Gasteiger partial charge is 0.274 e. The molecule has 0 spiro atoms. The van der Waals surface area contributed by atoms with Crippen LogP contribution < -0.4 is 10.6 Å². The summed E-state index contributed by atoms with van der Waals surface area (Å²) in [5.74, 6) is -7.78. The Balaban J connectivity index is 1.80. The number of halogens is 5. The molecule has 0 aliphatic heterocycles. The maximum Gasteiger partial charge on any atom is 0.274 e. The maximum absolute atomic E-state index is 13.7. The second-order valence-corrected chi connectivity index (χ2v) is 5.20. The maximum atomic E-state index is 13.7. The zero-order valence-electron chi connectivity index (χ0n) is 13.2. The second kappa shape index (κ2) is 7.36. The number of rotatable bonds is 4. The van der Waals surface area contributed by atoms with Crippen molar-refractivity contribution in [2.75, 3.05) is 10.6 Å². The minimum Gasteiger partial charge on any atom is -0.322 e. The average Bonchev–Trinajstić information content (AvgIpc) is 2.65. The first-order chi connectivity index (χ1) is 12.8. The third-order valence-electron chi connectivity index (χ3n) is 3.35. The topological polar surface area (TPSA) is 66.9 Å². The van der Waals surface area contributed by atoms with E-state index in [4.69, 9.17) is 0 Å². The van der Waals surface area contributed by atoms with Crippen LogP contribution in [0, 0.1) is 29.1 Å². The standard InChI is InChI=1S/C17H9F5N4O/c18-9-2-1-8(7-11(9)20)24-16(27)13-5-6-23-17(26-13)25-12-4-3-10(19)14(21)15(12)22/h1-7H,(H,24,27)(H,23,25,26). The molecule has 0 aliphatic carbocycles. The van der Waals surface area contributed by atoms with E-state index in [0.717, 1.165) is 30.5 Å². The van der Waals surface area contributed by atoms with Crippen LogP contribution in [0.4, 0.5) is 39.3 Å². The highest BCUT2D eigenvalue weighted by Crippen LogP contribution is 2.22. The van der Waals surface area contributed by atoms with Gasteiger partial charge in [0, 0.05) is 18.0 Å². The number of nitrogens with one attached hydrogen (secondary N) is 2. The SMILES string of the molecule is O=C(Nc1ccc(F)c(F)c1)c1ccnc(Nc2ccc(F)c(F)c2F)n1. The Morgan fingerprint density at radius 2 is 1.59 bits per heavy atom. The number of anilines is 3. The third kappa shape index (κ3) is 4.00. The molecule has 27 heavy (non-hydrogen) atoms. The number of carbonyl (C=O) groups is 1. The summed E-state index contributed by atoms with van der Waals surface area (Å²) in [6.07, 6.45) is 1.16. The van der Waals surface area contributed by atoms with Crippen LogP contribution in [-0.4, -0.2) is 15.9 Å². The van der Waals surface area contributed by atoms with Crippen LogP contribution in [0.5, 0.6) is 0 Å². The molecule has 3 aromatic rings. The number of hydrogen-bond acceptors (Lipinski definition) is 4. The third-order valence-corrected chi connectivity index (χ3v) is 3.35. The molecule has 0 radical (unpaired) electrons. The van der Waals surface area contributed by atoms with E-state index in [1.165, 1.54) is 6.07 Å². The Kier molecular flexibility index (Phi) is 4.97. The molecular weight excluding hydrogens is 371 g/mol. The van der Waals surface area contributed by atoms with Crippen LogP contribution >= 0.6 is 0 Å². The Morgan fingerprint density at radius 1 is 0.852 bits per heavy atom. The zero-order chi connectivity index (χ0) is 19.6. The fourth-order valence-corrected chi connectivity index (χ4v) is 2.06. The lowest BCUT2D eigenvalue weighted by atomic mass is 10.2. The van der Waals surface area contributed by atoms with Gasteiger partial charge < -0.3 is 10.6 Å². The number of aromatic nitrogens is 2. The van der Waals surface area contributed by atoms with Gasteiger partial charge in [0.2, 0.25) is 5.95 Å². The molecule has 138 valence electrons. The fourth-order valence-electron chi connectivity index (χ4n) is 2.06. The lowest BCUT2D eigenvalue weighted by molar-refractivity contribution is 0.102. The molecule has 1 aromatic heterocycles. The molecule has 2 N–H and O–H groups in total. The van der Waals surface area contributed by atoms with Crippen LogP contribution in [0.15, 0.2) is 42.6 Å². The van der Waals surface area contributed by atoms with Gasteiger partial charge in [-0.1, -0.05) is 0 Å². The predicted octanol–water partition coefficient (Wildman–Crippen LogP) is 4.17. The molecule has 1 amide bonds. The molecule has 3 rings (SSSR count). The molecule has 0 bridgehead atoms. The Bertz CT molecular complexity index is 1030. The molecule has 0 saturated carbocycles. The van der Waals surface area contributed by atoms with E-state index < -0.39 is 40.7 Å². The molecule has 10 heteroatoms. The molecule has 2 aromatic carbocycles. The van der Waals surface area contributed by atoms with Crippen LogP contribution in [-0.2, 0) is 0 Å². The van der Waals surface area contributed by atoms with E-state index >= 15 is 0 Å². The predicted molar refractivity (Wildman–Crippen MR) is 85.9 cm³/mol. The van der Waals surface area contributed by atoms with Gasteiger partial charge in [0.05, 0.1) is 5.69 Å². The second-order valence-electron chi connectivity index (χ2n) is 5.20. The highest BCUT2D eigenvalue weighted by molar-refractivity contribution is 6.03. The molecule has 5 nitrogen and oxygen atoms in total. The van der Waals surface area contributed by atoms with E-state index in [9.17, 15) is 26.7 Å². The number of nitrogens with zero attached hydrogens (tertiary/aromatic N) is 2. The van der Waals surface area contributed by atoms with Gasteiger partial charge in [-0.05, 0) is 30.3 Å². The average molecular weight is 380 g/mol. The number of benzene rings is 2. The Hall–Kier alpha value is -3.56. The summed E-state index contributed by atoms with van der Waals surface area (Å²) in [6, 6.07) is 5.62. The summed E-state index contributed by atoms with van der Waals surface area (Å²) in [6.45, 7) is 0. The van der Waals surface area contributed by atoms with Gasteiger partial charge in [-0.3, -0.25) is 4.79 Å². The van der Waals surface area contributed by atoms with Crippen molar-refractivity contribution in [2.45, 2.75) is 0 Å². The molecule has 0 saturated heterocycles. The van der Waals surface area contributed by atoms with Crippen molar-refractivity contribution in [2.24, 2.45) is 0 Å². The summed E-state index contributed by atoms with van der Waals surface area (Å²) in [5, 5.41) is 4.62. The summed E-state index contributed by atoms with van der Waals surface area (Å²) >= 11 is 0. The van der Waals surface area contributed by atoms with Gasteiger partial charge in [0.1, 0.15) is 5.69 Å². The number of amides is 1. The largest absolute Gasteiger partial charge is 0.322 e. The van der Waals surface area contributed by atoms with E-state index in [-0.39, 0.29) is 17.3 Å². The lowest BCUT2D eigenvalue weighted by Crippen LogP contribution is -2.15. The van der Waals surface area contributed by atoms with Crippen molar-refractivity contribution in [3.8, 4) is 0 Å². The van der Waals surface area contributed by atoms with E-state index in [0.29, 0.717) is 6.07 Å². The van der Waals surface area contributed by atoms with E-state index in [2.05, 4.69) is 20.6 Å². The quantitative estimate of drug-likeness (QED) is 0.527. The van der Waals surface area contributed by atoms with Gasteiger partial charge in [-0.25, -0.2) is 31.9 Å². The highest BCUT2D eigenvalue weighted by atomic mass is 19.2. The minimum atomic E-state index is -1.67. The summed E-state index contributed by atoms with van der Waals surface area (Å²) in [5.41, 5.74) is -0.647. The van der Waals surface area contributed by atoms with Crippen molar-refractivity contribution in [3.63, 3.8) is 0 Å². The molecule has 0 unspecified atom stereocenters. The monoisotopic (exact) mass is 380 g/mol. The first kappa shape index (κ1) is 18.2. The van der Waals surface area contributed by atoms with Gasteiger partial charge in [0.25, 0.3) is 5.91 Å². The Labute approximate surface area is 148 Å². The van der Waals surface area contributed by atoms with Gasteiger partial charge in [-0.2, -0.15) is 0 Å². The normalized spacial score (nSPS) is 10.6. The van der Waals surface area contributed by atoms with Crippen molar-refractivity contribution in [1.82, 2.24) is 9.97 Å². The molecule has 0 aliphatic rings. The zero-order valence-corrected chi connectivity index (χ0v) is 13.2. The summed E-state index contributed by atoms with van der Waals surface area (Å²) in [7, 11) is 0. The van der Waals surface area contributed by atoms with Crippen LogP contribution in [0.3, 0.4) is 0 Å². The van der Waals surface area contributed by atoms with Gasteiger partial charge >= 0.3 is 0 Å². The van der Waals surface area contributed by atoms with Crippen molar-refractivity contribution in [1.29, 1.82) is 0 Å². The van der Waals surface area contributed by atoms with E-state index in [1.54, 1.807) is 0 Å². The Morgan fingerprint density at radius 3 is 2.33 bits per heavy atom. The highest BCUT2D eigenvalue weighted by Gasteiger charge is 2.15. The van der Waals surface area contributed by atoms with Crippen molar-refractivity contribution >= 4 is 23.2 Å². The van der Waals surface area contributed by atoms with Crippen molar-refractivity contribution in [3.05, 3.63) is 77.4 Å². The van der Waals surface area contributed by atoms with Crippen LogP contribution in [0.1, 0.15) is 10.5 Å². The fraction of sp³-hybridized carbons (Fsp3) is 0. The van der Waals surface area contributed by atoms with Crippen molar-refractivity contribution < 1.29 is 26.7 Å². The number of hydrogen-bond donors (Lipinski definition) is 2. The molecule has 0 atom stereocenters. The number of carbonyl (C=O) groups excluding carboxylic acids is 1. The molecule has 0 fully saturated rings. The van der Waals surface area contributed by atoms with Crippen LogP contribution in [0.2, 0.25) is 0 Å². The minimum absolute atomic E-state index is 0.0151. The van der Waals surface area contributed by atoms with Gasteiger partial charge in [0.15, 0.2) is 29.1 Å². The molecule has 1 heterocycles. The van der Waals surface area contributed by atoms with Crippen LogP contribution in [0.25, 0.3) is 0 Å².